The van der Waals surface area contributed by atoms with Gasteiger partial charge >= 0.3 is 6.18 Å². The SMILES string of the molecule is CC1(Nc2ccc(C(N)=S)c(C(F)(F)F)c2)CC1. The average Bonchev–Trinajstić information content (AvgIpc) is 2.94. The molecule has 0 aliphatic heterocycles. The van der Waals surface area contributed by atoms with Crippen LogP contribution >= 0.6 is 12.2 Å². The first-order valence-corrected chi connectivity index (χ1v) is 5.91. The summed E-state index contributed by atoms with van der Waals surface area (Å²) in [5.74, 6) is 0. The molecule has 0 amide bonds. The van der Waals surface area contributed by atoms with Crippen LogP contribution in [0.25, 0.3) is 0 Å². The van der Waals surface area contributed by atoms with Crippen LogP contribution in [-0.4, -0.2) is 10.5 Å². The molecule has 98 valence electrons. The van der Waals surface area contributed by atoms with Gasteiger partial charge in [-0.2, -0.15) is 13.2 Å². The van der Waals surface area contributed by atoms with E-state index >= 15 is 0 Å². The van der Waals surface area contributed by atoms with Crippen LogP contribution in [0.3, 0.4) is 0 Å². The van der Waals surface area contributed by atoms with E-state index in [9.17, 15) is 13.2 Å². The molecule has 1 aliphatic rings. The fourth-order valence-corrected chi connectivity index (χ4v) is 1.91. The summed E-state index contributed by atoms with van der Waals surface area (Å²) in [6.45, 7) is 1.97. The van der Waals surface area contributed by atoms with Gasteiger partial charge in [-0.15, -0.1) is 0 Å². The van der Waals surface area contributed by atoms with Crippen molar-refractivity contribution < 1.29 is 13.2 Å². The van der Waals surface area contributed by atoms with E-state index in [2.05, 4.69) is 17.5 Å². The van der Waals surface area contributed by atoms with Gasteiger partial charge < -0.3 is 11.1 Å². The molecule has 2 nitrogen and oxygen atoms in total. The van der Waals surface area contributed by atoms with Crippen LogP contribution in [0.4, 0.5) is 18.9 Å². The zero-order valence-electron chi connectivity index (χ0n) is 9.77. The Hall–Kier alpha value is -1.30. The molecule has 0 saturated heterocycles. The van der Waals surface area contributed by atoms with Crippen molar-refractivity contribution in [2.45, 2.75) is 31.5 Å². The van der Waals surface area contributed by atoms with Gasteiger partial charge in [-0.05, 0) is 38.0 Å². The first-order valence-electron chi connectivity index (χ1n) is 5.50. The minimum atomic E-state index is -4.46. The van der Waals surface area contributed by atoms with Crippen LogP contribution in [-0.2, 0) is 6.18 Å². The summed E-state index contributed by atoms with van der Waals surface area (Å²) in [4.78, 5) is -0.244. The molecule has 3 N–H and O–H groups in total. The summed E-state index contributed by atoms with van der Waals surface area (Å²) < 4.78 is 38.7. The maximum absolute atomic E-state index is 12.9. The second kappa shape index (κ2) is 4.12. The van der Waals surface area contributed by atoms with Crippen molar-refractivity contribution in [1.82, 2.24) is 0 Å². The molecule has 0 atom stereocenters. The smallest absolute Gasteiger partial charge is 0.389 e. The number of hydrogen-bond acceptors (Lipinski definition) is 2. The van der Waals surface area contributed by atoms with Crippen LogP contribution in [0, 0.1) is 0 Å². The number of alkyl halides is 3. The number of hydrogen-bond donors (Lipinski definition) is 2. The van der Waals surface area contributed by atoms with Gasteiger partial charge in [-0.1, -0.05) is 12.2 Å². The normalized spacial score (nSPS) is 17.3. The second-order valence-electron chi connectivity index (χ2n) is 4.81. The molecule has 1 aromatic rings. The highest BCUT2D eigenvalue weighted by Crippen LogP contribution is 2.40. The lowest BCUT2D eigenvalue weighted by Gasteiger charge is -2.17. The molecule has 0 heterocycles. The average molecular weight is 274 g/mol. The van der Waals surface area contributed by atoms with E-state index in [0.29, 0.717) is 5.69 Å². The lowest BCUT2D eigenvalue weighted by Crippen LogP contribution is -2.20. The van der Waals surface area contributed by atoms with Gasteiger partial charge in [-0.3, -0.25) is 0 Å². The Morgan fingerprint density at radius 1 is 1.39 bits per heavy atom. The highest BCUT2D eigenvalue weighted by Gasteiger charge is 2.38. The maximum Gasteiger partial charge on any atom is 0.417 e. The number of anilines is 1. The summed E-state index contributed by atoms with van der Waals surface area (Å²) in [5, 5.41) is 3.09. The van der Waals surface area contributed by atoms with Crippen LogP contribution in [0.15, 0.2) is 18.2 Å². The van der Waals surface area contributed by atoms with Gasteiger partial charge in [0, 0.05) is 16.8 Å². The van der Waals surface area contributed by atoms with Crippen molar-refractivity contribution in [1.29, 1.82) is 0 Å². The van der Waals surface area contributed by atoms with Crippen LogP contribution < -0.4 is 11.1 Å². The molecule has 1 aliphatic carbocycles. The Morgan fingerprint density at radius 3 is 2.44 bits per heavy atom. The van der Waals surface area contributed by atoms with Crippen LogP contribution in [0.2, 0.25) is 0 Å². The predicted molar refractivity (Wildman–Crippen MR) is 68.6 cm³/mol. The van der Waals surface area contributed by atoms with E-state index in [0.717, 1.165) is 18.9 Å². The van der Waals surface area contributed by atoms with Crippen molar-refractivity contribution in [2.24, 2.45) is 5.73 Å². The number of rotatable bonds is 3. The number of nitrogens with two attached hydrogens (primary N) is 1. The molecule has 0 unspecified atom stereocenters. The monoisotopic (exact) mass is 274 g/mol. The van der Waals surface area contributed by atoms with E-state index in [-0.39, 0.29) is 16.1 Å². The van der Waals surface area contributed by atoms with Crippen molar-refractivity contribution >= 4 is 22.9 Å². The van der Waals surface area contributed by atoms with Crippen molar-refractivity contribution in [3.8, 4) is 0 Å². The van der Waals surface area contributed by atoms with E-state index < -0.39 is 11.7 Å². The molecule has 1 saturated carbocycles. The Balaban J connectivity index is 2.39. The summed E-state index contributed by atoms with van der Waals surface area (Å²) in [7, 11) is 0. The summed E-state index contributed by atoms with van der Waals surface area (Å²) in [6, 6.07) is 3.96. The molecule has 0 spiro atoms. The molecular formula is C12H13F3N2S. The van der Waals surface area contributed by atoms with Gasteiger partial charge in [0.2, 0.25) is 0 Å². The Labute approximate surface area is 108 Å². The number of nitrogens with one attached hydrogen (secondary N) is 1. The molecule has 1 fully saturated rings. The van der Waals surface area contributed by atoms with Gasteiger partial charge in [0.05, 0.1) is 5.56 Å². The second-order valence-corrected chi connectivity index (χ2v) is 5.25. The van der Waals surface area contributed by atoms with Crippen molar-refractivity contribution in [3.05, 3.63) is 29.3 Å². The van der Waals surface area contributed by atoms with Gasteiger partial charge in [0.25, 0.3) is 0 Å². The van der Waals surface area contributed by atoms with Crippen molar-refractivity contribution in [3.63, 3.8) is 0 Å². The minimum absolute atomic E-state index is 0.0758. The van der Waals surface area contributed by atoms with Gasteiger partial charge in [0.1, 0.15) is 4.99 Å². The number of benzene rings is 1. The third kappa shape index (κ3) is 2.75. The molecular weight excluding hydrogens is 261 g/mol. The summed E-state index contributed by atoms with van der Waals surface area (Å²) in [5.41, 5.74) is 4.76. The maximum atomic E-state index is 12.9. The number of thiocarbonyl (C=S) groups is 1. The van der Waals surface area contributed by atoms with E-state index in [4.69, 9.17) is 5.73 Å². The zero-order valence-corrected chi connectivity index (χ0v) is 10.6. The standard InChI is InChI=1S/C12H13F3N2S/c1-11(4-5-11)17-7-2-3-8(10(16)18)9(6-7)12(13,14)15/h2-3,6,17H,4-5H2,1H3,(H2,16,18). The fraction of sp³-hybridized carbons (Fsp3) is 0.417. The van der Waals surface area contributed by atoms with Crippen LogP contribution in [0.1, 0.15) is 30.9 Å². The van der Waals surface area contributed by atoms with E-state index in [1.807, 2.05) is 6.92 Å². The largest absolute Gasteiger partial charge is 0.417 e. The first kappa shape index (κ1) is 13.1. The summed E-state index contributed by atoms with van der Waals surface area (Å²) in [6.07, 6.45) is -2.53. The highest BCUT2D eigenvalue weighted by molar-refractivity contribution is 7.80. The molecule has 18 heavy (non-hydrogen) atoms. The van der Waals surface area contributed by atoms with Gasteiger partial charge in [0.15, 0.2) is 0 Å². The quantitative estimate of drug-likeness (QED) is 0.830. The summed E-state index contributed by atoms with van der Waals surface area (Å²) >= 11 is 4.64. The number of halogens is 3. The molecule has 0 radical (unpaired) electrons. The fourth-order valence-electron chi connectivity index (χ4n) is 1.73. The Bertz CT molecular complexity index is 493. The van der Waals surface area contributed by atoms with Crippen LogP contribution in [0.5, 0.6) is 0 Å². The molecule has 1 aromatic carbocycles. The molecule has 6 heteroatoms. The molecule has 0 bridgehead atoms. The lowest BCUT2D eigenvalue weighted by atomic mass is 10.1. The molecule has 0 aromatic heterocycles. The third-order valence-corrected chi connectivity index (χ3v) is 3.26. The minimum Gasteiger partial charge on any atom is -0.389 e. The predicted octanol–water partition coefficient (Wildman–Crippen LogP) is 3.30. The topological polar surface area (TPSA) is 38.0 Å². The Morgan fingerprint density at radius 2 is 2.00 bits per heavy atom. The first-order chi connectivity index (χ1) is 8.21. The molecule has 2 rings (SSSR count). The van der Waals surface area contributed by atoms with Crippen molar-refractivity contribution in [2.75, 3.05) is 5.32 Å². The lowest BCUT2D eigenvalue weighted by molar-refractivity contribution is -0.137. The third-order valence-electron chi connectivity index (χ3n) is 3.04. The van der Waals surface area contributed by atoms with E-state index in [1.165, 1.54) is 6.07 Å². The zero-order chi connectivity index (χ0) is 13.6. The van der Waals surface area contributed by atoms with E-state index in [1.54, 1.807) is 6.07 Å². The highest BCUT2D eigenvalue weighted by atomic mass is 32.1. The van der Waals surface area contributed by atoms with Gasteiger partial charge in [-0.25, -0.2) is 0 Å². The Kier molecular flexibility index (Phi) is 3.01.